The smallest absolute Gasteiger partial charge is 0.305 e. The molecular weight excluding hydrogens is 264 g/mol. The van der Waals surface area contributed by atoms with Gasteiger partial charge in [-0.3, -0.25) is 4.79 Å². The van der Waals surface area contributed by atoms with Crippen LogP contribution in [-0.4, -0.2) is 19.7 Å². The van der Waals surface area contributed by atoms with Crippen molar-refractivity contribution in [3.8, 4) is 5.75 Å². The third kappa shape index (κ3) is 5.41. The quantitative estimate of drug-likeness (QED) is 0.526. The minimum Gasteiger partial charge on any atom is -0.493 e. The number of methoxy groups -OCH3 is 1. The summed E-state index contributed by atoms with van der Waals surface area (Å²) in [5.74, 6) is 1.22. The van der Waals surface area contributed by atoms with Crippen molar-refractivity contribution in [1.29, 1.82) is 0 Å². The third-order valence-electron chi connectivity index (χ3n) is 3.67. The molecule has 0 saturated carbocycles. The van der Waals surface area contributed by atoms with E-state index in [2.05, 4.69) is 39.8 Å². The van der Waals surface area contributed by atoms with Gasteiger partial charge < -0.3 is 9.47 Å². The minimum atomic E-state index is -0.163. The van der Waals surface area contributed by atoms with Gasteiger partial charge in [-0.2, -0.15) is 0 Å². The molecule has 0 radical (unpaired) electrons. The highest BCUT2D eigenvalue weighted by Crippen LogP contribution is 2.30. The first-order valence-corrected chi connectivity index (χ1v) is 7.82. The van der Waals surface area contributed by atoms with Gasteiger partial charge in [-0.1, -0.05) is 33.3 Å². The molecule has 1 aromatic carbocycles. The molecule has 0 aromatic heterocycles. The summed E-state index contributed by atoms with van der Waals surface area (Å²) in [6.45, 7) is 9.33. The van der Waals surface area contributed by atoms with E-state index in [1.54, 1.807) is 0 Å². The van der Waals surface area contributed by atoms with E-state index < -0.39 is 0 Å². The first-order chi connectivity index (χ1) is 9.99. The van der Waals surface area contributed by atoms with E-state index in [1.165, 1.54) is 23.8 Å². The second-order valence-corrected chi connectivity index (χ2v) is 5.75. The largest absolute Gasteiger partial charge is 0.493 e. The standard InChI is InChI=1S/C18H28O3/c1-6-7-10-21-17-11-14(4)15(8-9-18(19)20-5)12-16(17)13(2)3/h11-13H,6-10H2,1-5H3. The molecule has 3 nitrogen and oxygen atoms in total. The number of carbonyl (C=O) groups excluding carboxylic acids is 1. The maximum atomic E-state index is 11.3. The normalized spacial score (nSPS) is 10.8. The fourth-order valence-electron chi connectivity index (χ4n) is 2.26. The Morgan fingerprint density at radius 1 is 1.29 bits per heavy atom. The molecule has 0 N–H and O–H groups in total. The molecule has 0 heterocycles. The second kappa shape index (κ2) is 8.71. The average Bonchev–Trinajstić information content (AvgIpc) is 2.45. The molecule has 0 unspecified atom stereocenters. The van der Waals surface area contributed by atoms with E-state index in [4.69, 9.17) is 9.47 Å². The van der Waals surface area contributed by atoms with E-state index in [9.17, 15) is 4.79 Å². The Morgan fingerprint density at radius 3 is 2.57 bits per heavy atom. The van der Waals surface area contributed by atoms with Gasteiger partial charge in [0.15, 0.2) is 0 Å². The van der Waals surface area contributed by atoms with Crippen LogP contribution < -0.4 is 4.74 Å². The van der Waals surface area contributed by atoms with Crippen LogP contribution in [0.1, 0.15) is 62.6 Å². The van der Waals surface area contributed by atoms with Crippen molar-refractivity contribution >= 4 is 5.97 Å². The Morgan fingerprint density at radius 2 is 2.00 bits per heavy atom. The zero-order chi connectivity index (χ0) is 15.8. The summed E-state index contributed by atoms with van der Waals surface area (Å²) in [4.78, 5) is 11.3. The van der Waals surface area contributed by atoms with E-state index >= 15 is 0 Å². The summed E-state index contributed by atoms with van der Waals surface area (Å²) < 4.78 is 10.6. The van der Waals surface area contributed by atoms with Crippen LogP contribution in [0.4, 0.5) is 0 Å². The Kier molecular flexibility index (Phi) is 7.27. The number of aryl methyl sites for hydroxylation is 2. The zero-order valence-electron chi connectivity index (χ0n) is 14.0. The van der Waals surface area contributed by atoms with Gasteiger partial charge in [-0.25, -0.2) is 0 Å². The van der Waals surface area contributed by atoms with Crippen molar-refractivity contribution in [2.24, 2.45) is 0 Å². The maximum Gasteiger partial charge on any atom is 0.305 e. The molecule has 0 fully saturated rings. The molecule has 0 aliphatic heterocycles. The number of ether oxygens (including phenoxy) is 2. The van der Waals surface area contributed by atoms with Gasteiger partial charge >= 0.3 is 5.97 Å². The molecule has 0 bridgehead atoms. The number of unbranched alkanes of at least 4 members (excludes halogenated alkanes) is 1. The predicted molar refractivity (Wildman–Crippen MR) is 86.0 cm³/mol. The highest BCUT2D eigenvalue weighted by molar-refractivity contribution is 5.69. The van der Waals surface area contributed by atoms with Crippen molar-refractivity contribution in [1.82, 2.24) is 0 Å². The van der Waals surface area contributed by atoms with Crippen LogP contribution in [0.3, 0.4) is 0 Å². The Balaban J connectivity index is 2.91. The van der Waals surface area contributed by atoms with Crippen LogP contribution in [0.15, 0.2) is 12.1 Å². The fourth-order valence-corrected chi connectivity index (χ4v) is 2.26. The van der Waals surface area contributed by atoms with Crippen molar-refractivity contribution in [3.63, 3.8) is 0 Å². The number of carbonyl (C=O) groups is 1. The van der Waals surface area contributed by atoms with E-state index in [0.29, 0.717) is 18.8 Å². The lowest BCUT2D eigenvalue weighted by Crippen LogP contribution is -2.06. The topological polar surface area (TPSA) is 35.5 Å². The Labute approximate surface area is 128 Å². The lowest BCUT2D eigenvalue weighted by atomic mass is 9.94. The Bertz CT molecular complexity index is 464. The zero-order valence-corrected chi connectivity index (χ0v) is 14.0. The van der Waals surface area contributed by atoms with Crippen molar-refractivity contribution in [2.45, 2.75) is 59.3 Å². The maximum absolute atomic E-state index is 11.3. The number of benzene rings is 1. The molecule has 118 valence electrons. The number of hydrogen-bond donors (Lipinski definition) is 0. The van der Waals surface area contributed by atoms with Crippen LogP contribution >= 0.6 is 0 Å². The van der Waals surface area contributed by atoms with Gasteiger partial charge in [0.2, 0.25) is 0 Å². The molecule has 0 saturated heterocycles. The molecule has 0 aliphatic rings. The molecular formula is C18H28O3. The summed E-state index contributed by atoms with van der Waals surface area (Å²) in [5, 5.41) is 0. The molecule has 0 atom stereocenters. The van der Waals surface area contributed by atoms with Crippen LogP contribution in [0.2, 0.25) is 0 Å². The van der Waals surface area contributed by atoms with Gasteiger partial charge in [0, 0.05) is 6.42 Å². The minimum absolute atomic E-state index is 0.163. The summed E-state index contributed by atoms with van der Waals surface area (Å²) in [6.07, 6.45) is 3.34. The number of esters is 1. The Hall–Kier alpha value is -1.51. The summed E-state index contributed by atoms with van der Waals surface area (Å²) >= 11 is 0. The number of rotatable bonds is 8. The van der Waals surface area contributed by atoms with Gasteiger partial charge in [0.05, 0.1) is 13.7 Å². The third-order valence-corrected chi connectivity index (χ3v) is 3.67. The molecule has 1 rings (SSSR count). The molecule has 3 heteroatoms. The summed E-state index contributed by atoms with van der Waals surface area (Å²) in [5.41, 5.74) is 3.60. The molecule has 21 heavy (non-hydrogen) atoms. The SMILES string of the molecule is CCCCOc1cc(C)c(CCC(=O)OC)cc1C(C)C. The fraction of sp³-hybridized carbons (Fsp3) is 0.611. The molecule has 0 aliphatic carbocycles. The van der Waals surface area contributed by atoms with Gasteiger partial charge in [-0.15, -0.1) is 0 Å². The van der Waals surface area contributed by atoms with E-state index in [0.717, 1.165) is 25.2 Å². The van der Waals surface area contributed by atoms with Gasteiger partial charge in [-0.05, 0) is 48.4 Å². The van der Waals surface area contributed by atoms with E-state index in [1.807, 2.05) is 0 Å². The van der Waals surface area contributed by atoms with Gasteiger partial charge in [0.1, 0.15) is 5.75 Å². The first kappa shape index (κ1) is 17.5. The monoisotopic (exact) mass is 292 g/mol. The van der Waals surface area contributed by atoms with Crippen LogP contribution in [0.5, 0.6) is 5.75 Å². The molecule has 0 spiro atoms. The second-order valence-electron chi connectivity index (χ2n) is 5.75. The van der Waals surface area contributed by atoms with Crippen molar-refractivity contribution in [3.05, 3.63) is 28.8 Å². The van der Waals surface area contributed by atoms with Crippen LogP contribution in [0.25, 0.3) is 0 Å². The lowest BCUT2D eigenvalue weighted by molar-refractivity contribution is -0.140. The van der Waals surface area contributed by atoms with Crippen LogP contribution in [-0.2, 0) is 16.0 Å². The van der Waals surface area contributed by atoms with Gasteiger partial charge in [0.25, 0.3) is 0 Å². The average molecular weight is 292 g/mol. The summed E-state index contributed by atoms with van der Waals surface area (Å²) in [6, 6.07) is 4.29. The first-order valence-electron chi connectivity index (χ1n) is 7.82. The van der Waals surface area contributed by atoms with E-state index in [-0.39, 0.29) is 5.97 Å². The predicted octanol–water partition coefficient (Wildman–Crippen LogP) is 4.40. The highest BCUT2D eigenvalue weighted by Gasteiger charge is 2.13. The highest BCUT2D eigenvalue weighted by atomic mass is 16.5. The van der Waals surface area contributed by atoms with Crippen molar-refractivity contribution < 1.29 is 14.3 Å². The summed E-state index contributed by atoms with van der Waals surface area (Å²) in [7, 11) is 1.43. The molecule has 1 aromatic rings. The van der Waals surface area contributed by atoms with Crippen molar-refractivity contribution in [2.75, 3.05) is 13.7 Å². The number of hydrogen-bond acceptors (Lipinski definition) is 3. The molecule has 0 amide bonds. The van der Waals surface area contributed by atoms with Crippen LogP contribution in [0, 0.1) is 6.92 Å². The lowest BCUT2D eigenvalue weighted by Gasteiger charge is -2.17.